The van der Waals surface area contributed by atoms with Crippen molar-refractivity contribution in [1.82, 2.24) is 10.2 Å². The zero-order chi connectivity index (χ0) is 14.6. The molecule has 1 aromatic rings. The van der Waals surface area contributed by atoms with Crippen molar-refractivity contribution in [3.63, 3.8) is 0 Å². The van der Waals surface area contributed by atoms with Crippen molar-refractivity contribution >= 4 is 0 Å². The fourth-order valence-electron chi connectivity index (χ4n) is 2.54. The Balaban J connectivity index is 1.97. The number of alkyl halides is 2. The lowest BCUT2D eigenvalue weighted by Gasteiger charge is -2.39. The van der Waals surface area contributed by atoms with Crippen LogP contribution < -0.4 is 10.1 Å². The molecule has 0 saturated carbocycles. The Hall–Kier alpha value is -1.20. The van der Waals surface area contributed by atoms with Gasteiger partial charge in [-0.15, -0.1) is 0 Å². The molecule has 2 rings (SSSR count). The van der Waals surface area contributed by atoms with Crippen LogP contribution in [0, 0.1) is 0 Å². The van der Waals surface area contributed by atoms with Crippen LogP contribution in [-0.4, -0.2) is 37.2 Å². The minimum absolute atomic E-state index is 0.190. The zero-order valence-corrected chi connectivity index (χ0v) is 12.0. The van der Waals surface area contributed by atoms with Gasteiger partial charge < -0.3 is 10.1 Å². The van der Waals surface area contributed by atoms with Gasteiger partial charge in [-0.05, 0) is 32.9 Å². The van der Waals surface area contributed by atoms with Crippen molar-refractivity contribution in [3.05, 3.63) is 29.8 Å². The van der Waals surface area contributed by atoms with Gasteiger partial charge >= 0.3 is 6.61 Å². The third kappa shape index (κ3) is 3.90. The number of hydrogen-bond donors (Lipinski definition) is 1. The number of piperidine rings is 1. The highest BCUT2D eigenvalue weighted by Gasteiger charge is 2.28. The molecule has 1 aliphatic rings. The molecule has 1 aliphatic heterocycles. The van der Waals surface area contributed by atoms with Crippen LogP contribution in [0.15, 0.2) is 24.3 Å². The molecular weight excluding hydrogens is 262 g/mol. The van der Waals surface area contributed by atoms with Gasteiger partial charge in [0.2, 0.25) is 0 Å². The third-order valence-corrected chi connectivity index (χ3v) is 4.15. The fraction of sp³-hybridized carbons (Fsp3) is 0.600. The Morgan fingerprint density at radius 1 is 1.30 bits per heavy atom. The standard InChI is InChI=1S/C15H22F2N2O/c1-15(18-2)7-9-19(10-8-15)11-12-5-3-4-6-13(12)20-14(16)17/h3-6,14,18H,7-11H2,1-2H3. The second-order valence-corrected chi connectivity index (χ2v) is 5.57. The molecule has 0 aliphatic carbocycles. The lowest BCUT2D eigenvalue weighted by atomic mass is 9.90. The molecule has 0 bridgehead atoms. The lowest BCUT2D eigenvalue weighted by molar-refractivity contribution is -0.0508. The van der Waals surface area contributed by atoms with E-state index in [4.69, 9.17) is 0 Å². The Morgan fingerprint density at radius 3 is 2.55 bits per heavy atom. The molecule has 20 heavy (non-hydrogen) atoms. The van der Waals surface area contributed by atoms with Gasteiger partial charge in [0.05, 0.1) is 0 Å². The van der Waals surface area contributed by atoms with Gasteiger partial charge in [-0.2, -0.15) is 8.78 Å². The number of likely N-dealkylation sites (tertiary alicyclic amines) is 1. The first-order valence-corrected chi connectivity index (χ1v) is 6.96. The maximum atomic E-state index is 12.4. The van der Waals surface area contributed by atoms with Gasteiger partial charge in [-0.1, -0.05) is 18.2 Å². The first kappa shape index (κ1) is 15.2. The number of nitrogens with zero attached hydrogens (tertiary/aromatic N) is 1. The topological polar surface area (TPSA) is 24.5 Å². The van der Waals surface area contributed by atoms with Crippen LogP contribution in [0.3, 0.4) is 0 Å². The molecule has 1 fully saturated rings. The van der Waals surface area contributed by atoms with E-state index in [1.807, 2.05) is 19.2 Å². The molecule has 5 heteroatoms. The molecule has 3 nitrogen and oxygen atoms in total. The van der Waals surface area contributed by atoms with E-state index in [1.165, 1.54) is 0 Å². The molecule has 1 saturated heterocycles. The number of rotatable bonds is 5. The largest absolute Gasteiger partial charge is 0.434 e. The van der Waals surface area contributed by atoms with Crippen LogP contribution in [0.5, 0.6) is 5.75 Å². The van der Waals surface area contributed by atoms with Gasteiger partial charge in [0.25, 0.3) is 0 Å². The maximum Gasteiger partial charge on any atom is 0.387 e. The van der Waals surface area contributed by atoms with E-state index in [-0.39, 0.29) is 11.3 Å². The van der Waals surface area contributed by atoms with Gasteiger partial charge in [0.1, 0.15) is 5.75 Å². The highest BCUT2D eigenvalue weighted by molar-refractivity contribution is 5.33. The summed E-state index contributed by atoms with van der Waals surface area (Å²) in [4.78, 5) is 2.28. The number of benzene rings is 1. The average molecular weight is 284 g/mol. The maximum absolute atomic E-state index is 12.4. The molecule has 1 aromatic carbocycles. The number of nitrogens with one attached hydrogen (secondary N) is 1. The molecule has 112 valence electrons. The minimum Gasteiger partial charge on any atom is -0.434 e. The predicted octanol–water partition coefficient (Wildman–Crippen LogP) is 2.86. The lowest BCUT2D eigenvalue weighted by Crippen LogP contribution is -2.49. The predicted molar refractivity (Wildman–Crippen MR) is 75.0 cm³/mol. The minimum atomic E-state index is -2.77. The van der Waals surface area contributed by atoms with E-state index in [2.05, 4.69) is 21.9 Å². The smallest absolute Gasteiger partial charge is 0.387 e. The van der Waals surface area contributed by atoms with Crippen LogP contribution in [0.4, 0.5) is 8.78 Å². The number of para-hydroxylation sites is 1. The second kappa shape index (κ2) is 6.50. The molecular formula is C15H22F2N2O. The molecule has 0 amide bonds. The van der Waals surface area contributed by atoms with Crippen LogP contribution in [0.25, 0.3) is 0 Å². The van der Waals surface area contributed by atoms with Crippen molar-refractivity contribution in [1.29, 1.82) is 0 Å². The summed E-state index contributed by atoms with van der Waals surface area (Å²) in [6, 6.07) is 7.03. The third-order valence-electron chi connectivity index (χ3n) is 4.15. The highest BCUT2D eigenvalue weighted by Crippen LogP contribution is 2.26. The number of ether oxygens (including phenoxy) is 1. The number of halogens is 2. The zero-order valence-electron chi connectivity index (χ0n) is 12.0. The summed E-state index contributed by atoms with van der Waals surface area (Å²) >= 11 is 0. The van der Waals surface area contributed by atoms with Gasteiger partial charge in [-0.25, -0.2) is 0 Å². The second-order valence-electron chi connectivity index (χ2n) is 5.57. The number of hydrogen-bond acceptors (Lipinski definition) is 3. The molecule has 0 radical (unpaired) electrons. The van der Waals surface area contributed by atoms with Crippen molar-refractivity contribution in [2.75, 3.05) is 20.1 Å². The summed E-state index contributed by atoms with van der Waals surface area (Å²) in [5, 5.41) is 3.35. The van der Waals surface area contributed by atoms with Gasteiger partial charge in [0, 0.05) is 30.7 Å². The van der Waals surface area contributed by atoms with Crippen molar-refractivity contribution in [3.8, 4) is 5.75 Å². The summed E-state index contributed by atoms with van der Waals surface area (Å²) in [6.45, 7) is 2.02. The van der Waals surface area contributed by atoms with Crippen LogP contribution >= 0.6 is 0 Å². The van der Waals surface area contributed by atoms with E-state index in [1.54, 1.807) is 12.1 Å². The van der Waals surface area contributed by atoms with Crippen molar-refractivity contribution in [2.45, 2.75) is 38.5 Å². The van der Waals surface area contributed by atoms with E-state index < -0.39 is 6.61 Å². The van der Waals surface area contributed by atoms with Gasteiger partial charge in [-0.3, -0.25) is 4.90 Å². The normalized spacial score (nSPS) is 19.2. The van der Waals surface area contributed by atoms with Gasteiger partial charge in [0.15, 0.2) is 0 Å². The fourth-order valence-corrected chi connectivity index (χ4v) is 2.54. The quantitative estimate of drug-likeness (QED) is 0.900. The van der Waals surface area contributed by atoms with E-state index in [0.717, 1.165) is 31.5 Å². The summed E-state index contributed by atoms with van der Waals surface area (Å²) in [7, 11) is 1.99. The Bertz CT molecular complexity index is 432. The molecule has 0 aromatic heterocycles. The Labute approximate surface area is 118 Å². The molecule has 1 heterocycles. The molecule has 0 unspecified atom stereocenters. The summed E-state index contributed by atoms with van der Waals surface area (Å²) in [5.41, 5.74) is 1.01. The summed E-state index contributed by atoms with van der Waals surface area (Å²) in [5.74, 6) is 0.282. The Morgan fingerprint density at radius 2 is 1.95 bits per heavy atom. The van der Waals surface area contributed by atoms with Crippen LogP contribution in [0.1, 0.15) is 25.3 Å². The monoisotopic (exact) mass is 284 g/mol. The van der Waals surface area contributed by atoms with Crippen molar-refractivity contribution in [2.24, 2.45) is 0 Å². The Kier molecular flexibility index (Phi) is 4.94. The van der Waals surface area contributed by atoms with Crippen LogP contribution in [-0.2, 0) is 6.54 Å². The summed E-state index contributed by atoms with van der Waals surface area (Å²) < 4.78 is 29.3. The SMILES string of the molecule is CNC1(C)CCN(Cc2ccccc2OC(F)F)CC1. The molecule has 0 atom stereocenters. The summed E-state index contributed by atoms with van der Waals surface area (Å²) in [6.07, 6.45) is 2.11. The molecule has 1 N–H and O–H groups in total. The van der Waals surface area contributed by atoms with E-state index in [0.29, 0.717) is 6.54 Å². The molecule has 0 spiro atoms. The van der Waals surface area contributed by atoms with Crippen LogP contribution in [0.2, 0.25) is 0 Å². The average Bonchev–Trinajstić information content (AvgIpc) is 2.43. The van der Waals surface area contributed by atoms with Crippen molar-refractivity contribution < 1.29 is 13.5 Å². The van der Waals surface area contributed by atoms with E-state index >= 15 is 0 Å². The first-order chi connectivity index (χ1) is 9.52. The highest BCUT2D eigenvalue weighted by atomic mass is 19.3. The van der Waals surface area contributed by atoms with E-state index in [9.17, 15) is 8.78 Å². The first-order valence-electron chi connectivity index (χ1n) is 6.96.